The number of benzene rings is 1. The maximum absolute atomic E-state index is 14.0. The monoisotopic (exact) mass is 635 g/mol. The smallest absolute Gasteiger partial charge is 0.279 e. The minimum atomic E-state index is -4.02. The summed E-state index contributed by atoms with van der Waals surface area (Å²) in [5.74, 6) is -1.08. The molecule has 0 bridgehead atoms. The summed E-state index contributed by atoms with van der Waals surface area (Å²) in [5.41, 5.74) is 3.22. The van der Waals surface area contributed by atoms with Crippen molar-refractivity contribution in [2.24, 2.45) is 0 Å². The Morgan fingerprint density at radius 1 is 1.20 bits per heavy atom. The molecule has 1 amide bonds. The molecular weight excluding hydrogens is 602 g/mol. The van der Waals surface area contributed by atoms with Crippen molar-refractivity contribution in [3.05, 3.63) is 46.3 Å². The van der Waals surface area contributed by atoms with Gasteiger partial charge in [0.1, 0.15) is 4.75 Å². The van der Waals surface area contributed by atoms with Gasteiger partial charge in [0.05, 0.1) is 18.8 Å². The van der Waals surface area contributed by atoms with E-state index in [0.717, 1.165) is 27.6 Å². The van der Waals surface area contributed by atoms with E-state index in [1.165, 1.54) is 18.4 Å². The molecule has 2 aliphatic heterocycles. The largest absolute Gasteiger partial charge is 0.383 e. The van der Waals surface area contributed by atoms with Gasteiger partial charge in [-0.2, -0.15) is 17.4 Å². The third-order valence-corrected chi connectivity index (χ3v) is 12.8. The van der Waals surface area contributed by atoms with Crippen LogP contribution in [0.1, 0.15) is 37.0 Å². The van der Waals surface area contributed by atoms with E-state index in [2.05, 4.69) is 10.2 Å². The molecule has 0 spiro atoms. The molecule has 3 heterocycles. The number of hydroxylamine groups is 1. The van der Waals surface area contributed by atoms with Gasteiger partial charge in [-0.1, -0.05) is 23.7 Å². The number of sulfone groups is 1. The summed E-state index contributed by atoms with van der Waals surface area (Å²) in [7, 11) is -6.54. The van der Waals surface area contributed by atoms with Crippen molar-refractivity contribution in [2.45, 2.75) is 43.1 Å². The molecule has 40 heavy (non-hydrogen) atoms. The van der Waals surface area contributed by atoms with Gasteiger partial charge in [0.2, 0.25) is 5.91 Å². The quantitative estimate of drug-likeness (QED) is 0.284. The first-order valence-corrected chi connectivity index (χ1v) is 17.2. The molecule has 2 fully saturated rings. The number of nitrogens with zero attached hydrogens (tertiary/aromatic N) is 1. The highest BCUT2D eigenvalue weighted by atomic mass is 35.5. The topological polar surface area (TPSA) is 140 Å². The highest BCUT2D eigenvalue weighted by Gasteiger charge is 2.50. The lowest BCUT2D eigenvalue weighted by Gasteiger charge is -2.31. The van der Waals surface area contributed by atoms with Crippen LogP contribution in [-0.2, 0) is 43.9 Å². The van der Waals surface area contributed by atoms with Crippen LogP contribution >= 0.6 is 22.9 Å². The van der Waals surface area contributed by atoms with Gasteiger partial charge in [-0.25, -0.2) is 18.7 Å². The van der Waals surface area contributed by atoms with Crippen LogP contribution in [0.5, 0.6) is 0 Å². The van der Waals surface area contributed by atoms with E-state index in [4.69, 9.17) is 25.9 Å². The number of carbonyl (C=O) groups is 1. The van der Waals surface area contributed by atoms with E-state index in [-0.39, 0.29) is 32.7 Å². The van der Waals surface area contributed by atoms with Crippen molar-refractivity contribution in [3.63, 3.8) is 0 Å². The predicted molar refractivity (Wildman–Crippen MR) is 153 cm³/mol. The molecule has 222 valence electrons. The van der Waals surface area contributed by atoms with Gasteiger partial charge < -0.3 is 9.47 Å². The van der Waals surface area contributed by atoms with Crippen LogP contribution in [0.2, 0.25) is 5.02 Å². The first-order valence-electron chi connectivity index (χ1n) is 12.9. The number of nitrogens with one attached hydrogen (secondary N) is 2. The average Bonchev–Trinajstić information content (AvgIpc) is 3.37. The molecule has 1 aromatic carbocycles. The molecular formula is C25H34ClN3O8S3. The Hall–Kier alpha value is -1.62. The normalized spacial score (nSPS) is 23.9. The second-order valence-corrected chi connectivity index (χ2v) is 15.3. The summed E-state index contributed by atoms with van der Waals surface area (Å²) in [4.78, 5) is 19.9. The maximum atomic E-state index is 14.0. The second kappa shape index (κ2) is 13.6. The van der Waals surface area contributed by atoms with Gasteiger partial charge in [0, 0.05) is 54.5 Å². The zero-order valence-corrected chi connectivity index (χ0v) is 25.3. The third-order valence-electron chi connectivity index (χ3n) is 6.97. The molecule has 15 heteroatoms. The summed E-state index contributed by atoms with van der Waals surface area (Å²) in [6, 6.07) is 10.6. The van der Waals surface area contributed by atoms with Crippen LogP contribution in [0.25, 0.3) is 10.4 Å². The van der Waals surface area contributed by atoms with E-state index in [1.54, 1.807) is 24.3 Å². The Morgan fingerprint density at radius 2 is 1.98 bits per heavy atom. The van der Waals surface area contributed by atoms with Crippen LogP contribution < -0.4 is 10.2 Å². The zero-order valence-electron chi connectivity index (χ0n) is 22.1. The van der Waals surface area contributed by atoms with Gasteiger partial charge in [-0.15, -0.1) is 11.3 Å². The Morgan fingerprint density at radius 3 is 2.67 bits per heavy atom. The number of amides is 1. The fourth-order valence-electron chi connectivity index (χ4n) is 4.74. The van der Waals surface area contributed by atoms with Crippen molar-refractivity contribution >= 4 is 48.9 Å². The van der Waals surface area contributed by atoms with Gasteiger partial charge >= 0.3 is 0 Å². The fourth-order valence-corrected chi connectivity index (χ4v) is 9.78. The van der Waals surface area contributed by atoms with Gasteiger partial charge in [-0.05, 0) is 49.1 Å². The maximum Gasteiger partial charge on any atom is 0.279 e. The predicted octanol–water partition coefficient (Wildman–Crippen LogP) is 2.83. The van der Waals surface area contributed by atoms with E-state index >= 15 is 0 Å². The van der Waals surface area contributed by atoms with Crippen LogP contribution in [0.15, 0.2) is 36.4 Å². The number of methoxy groups -OCH3 is 1. The third kappa shape index (κ3) is 7.41. The molecule has 2 atom stereocenters. The lowest BCUT2D eigenvalue weighted by atomic mass is 9.97. The number of halogens is 1. The Bertz CT molecular complexity index is 1360. The molecule has 1 aromatic heterocycles. The van der Waals surface area contributed by atoms with E-state index < -0.39 is 49.2 Å². The molecule has 0 radical (unpaired) electrons. The van der Waals surface area contributed by atoms with Crippen LogP contribution in [0.4, 0.5) is 0 Å². The molecule has 2 aliphatic rings. The molecule has 2 aromatic rings. The molecule has 4 rings (SSSR count). The standard InChI is InChI=1S/C25H34ClN3O8S3/c1-35-16-12-27-40(33,34)29-13-11-25(39(31,32)17-14-29,18-23(30)28-37-24-4-2-3-15-36-24)22-10-9-21(38-22)19-5-7-20(26)8-6-19/h5-10,24,27H,2-4,11-18H2,1H3,(H,28,30)/t24?,25-/m0/s1. The second-order valence-electron chi connectivity index (χ2n) is 9.64. The number of hydrogen-bond acceptors (Lipinski definition) is 9. The SMILES string of the molecule is COCCNS(=O)(=O)N1CC[C@](CC(=O)NOC2CCCCO2)(c2ccc(-c3ccc(Cl)cc3)s2)S(=O)(=O)CC1. The van der Waals surface area contributed by atoms with Gasteiger partial charge in [0.15, 0.2) is 16.1 Å². The van der Waals surface area contributed by atoms with Gasteiger partial charge in [-0.3, -0.25) is 4.79 Å². The number of hydrogen-bond donors (Lipinski definition) is 2. The zero-order chi connectivity index (χ0) is 28.8. The summed E-state index contributed by atoms with van der Waals surface area (Å²) in [6.45, 7) is 0.393. The summed E-state index contributed by atoms with van der Waals surface area (Å²) >= 11 is 7.28. The molecule has 2 N–H and O–H groups in total. The summed E-state index contributed by atoms with van der Waals surface area (Å²) < 4.78 is 66.1. The molecule has 2 saturated heterocycles. The fraction of sp³-hybridized carbons (Fsp3) is 0.560. The van der Waals surface area contributed by atoms with Crippen LogP contribution in [0.3, 0.4) is 0 Å². The average molecular weight is 636 g/mol. The Kier molecular flexibility index (Phi) is 10.6. The van der Waals surface area contributed by atoms with Crippen LogP contribution in [0, 0.1) is 0 Å². The minimum absolute atomic E-state index is 0.0472. The van der Waals surface area contributed by atoms with Crippen molar-refractivity contribution in [3.8, 4) is 10.4 Å². The summed E-state index contributed by atoms with van der Waals surface area (Å²) in [6.07, 6.45) is 1.26. The molecule has 1 unspecified atom stereocenters. The van der Waals surface area contributed by atoms with E-state index in [9.17, 15) is 21.6 Å². The number of carbonyl (C=O) groups excluding carboxylic acids is 1. The van der Waals surface area contributed by atoms with Crippen molar-refractivity contribution in [1.29, 1.82) is 0 Å². The minimum Gasteiger partial charge on any atom is -0.383 e. The lowest BCUT2D eigenvalue weighted by molar-refractivity contribution is -0.200. The number of ether oxygens (including phenoxy) is 2. The van der Waals surface area contributed by atoms with Gasteiger partial charge in [0.25, 0.3) is 10.2 Å². The number of thiophene rings is 1. The highest BCUT2D eigenvalue weighted by molar-refractivity contribution is 7.92. The van der Waals surface area contributed by atoms with E-state index in [1.807, 2.05) is 12.1 Å². The Balaban J connectivity index is 1.64. The van der Waals surface area contributed by atoms with Crippen molar-refractivity contribution in [1.82, 2.24) is 14.5 Å². The van der Waals surface area contributed by atoms with E-state index in [0.29, 0.717) is 22.9 Å². The molecule has 0 saturated carbocycles. The highest BCUT2D eigenvalue weighted by Crippen LogP contribution is 2.45. The number of rotatable bonds is 11. The van der Waals surface area contributed by atoms with Crippen molar-refractivity contribution in [2.75, 3.05) is 45.7 Å². The van der Waals surface area contributed by atoms with Crippen molar-refractivity contribution < 1.29 is 35.9 Å². The summed E-state index contributed by atoms with van der Waals surface area (Å²) in [5, 5.41) is 0.572. The molecule has 0 aliphatic carbocycles. The first-order chi connectivity index (χ1) is 19.1. The Labute approximate surface area is 244 Å². The lowest BCUT2D eigenvalue weighted by Crippen LogP contribution is -2.43. The molecule has 11 nitrogen and oxygen atoms in total. The first kappa shape index (κ1) is 31.3. The van der Waals surface area contributed by atoms with Crippen LogP contribution in [-0.4, -0.2) is 79.0 Å².